The minimum Gasteiger partial charge on any atom is -0.396 e. The summed E-state index contributed by atoms with van der Waals surface area (Å²) in [7, 11) is 0. The molecular weight excluding hydrogens is 196 g/mol. The van der Waals surface area contributed by atoms with Crippen LogP contribution in [0.15, 0.2) is 24.3 Å². The molecule has 0 fully saturated rings. The second-order valence-corrected chi connectivity index (χ2v) is 4.45. The van der Waals surface area contributed by atoms with Crippen molar-refractivity contribution in [1.82, 2.24) is 0 Å². The maximum absolute atomic E-state index is 9.19. The summed E-state index contributed by atoms with van der Waals surface area (Å²) in [6.07, 6.45) is 0.922. The Balaban J connectivity index is 2.63. The van der Waals surface area contributed by atoms with E-state index in [2.05, 4.69) is 13.8 Å². The van der Waals surface area contributed by atoms with E-state index in [4.69, 9.17) is 11.6 Å². The largest absolute Gasteiger partial charge is 0.396 e. The third-order valence-corrected chi connectivity index (χ3v) is 2.84. The van der Waals surface area contributed by atoms with Crippen LogP contribution < -0.4 is 0 Å². The Labute approximate surface area is 90.7 Å². The van der Waals surface area contributed by atoms with Crippen molar-refractivity contribution in [3.63, 3.8) is 0 Å². The van der Waals surface area contributed by atoms with Crippen LogP contribution in [0.2, 0.25) is 5.02 Å². The molecule has 0 aliphatic carbocycles. The summed E-state index contributed by atoms with van der Waals surface area (Å²) in [5, 5.41) is 9.95. The van der Waals surface area contributed by atoms with E-state index in [-0.39, 0.29) is 6.61 Å². The molecule has 1 aromatic rings. The van der Waals surface area contributed by atoms with E-state index in [0.29, 0.717) is 11.8 Å². The minimum atomic E-state index is 0.250. The molecule has 0 heterocycles. The van der Waals surface area contributed by atoms with Crippen LogP contribution in [0.5, 0.6) is 0 Å². The summed E-state index contributed by atoms with van der Waals surface area (Å²) < 4.78 is 0. The minimum absolute atomic E-state index is 0.250. The van der Waals surface area contributed by atoms with Gasteiger partial charge in [0.25, 0.3) is 0 Å². The lowest BCUT2D eigenvalue weighted by Gasteiger charge is -2.17. The molecule has 1 nitrogen and oxygen atoms in total. The topological polar surface area (TPSA) is 20.2 Å². The van der Waals surface area contributed by atoms with Crippen molar-refractivity contribution in [2.75, 3.05) is 6.61 Å². The van der Waals surface area contributed by atoms with Crippen molar-refractivity contribution < 1.29 is 5.11 Å². The Morgan fingerprint density at radius 2 is 1.79 bits per heavy atom. The molecule has 0 saturated carbocycles. The van der Waals surface area contributed by atoms with Crippen molar-refractivity contribution in [3.8, 4) is 0 Å². The molecular formula is C12H17ClO. The van der Waals surface area contributed by atoms with Crippen LogP contribution in [0, 0.1) is 11.8 Å². The molecule has 1 aromatic carbocycles. The average Bonchev–Trinajstić information content (AvgIpc) is 2.16. The van der Waals surface area contributed by atoms with Gasteiger partial charge in [-0.15, -0.1) is 0 Å². The van der Waals surface area contributed by atoms with E-state index < -0.39 is 0 Å². The van der Waals surface area contributed by atoms with E-state index in [1.54, 1.807) is 0 Å². The van der Waals surface area contributed by atoms with Crippen LogP contribution in [0.25, 0.3) is 0 Å². The van der Waals surface area contributed by atoms with Crippen molar-refractivity contribution in [3.05, 3.63) is 34.9 Å². The van der Waals surface area contributed by atoms with Gasteiger partial charge in [-0.2, -0.15) is 0 Å². The first-order valence-corrected chi connectivity index (χ1v) is 5.36. The van der Waals surface area contributed by atoms with Crippen LogP contribution in [0.4, 0.5) is 0 Å². The molecule has 0 aliphatic heterocycles. The van der Waals surface area contributed by atoms with Crippen molar-refractivity contribution in [1.29, 1.82) is 0 Å². The van der Waals surface area contributed by atoms with Crippen molar-refractivity contribution in [2.24, 2.45) is 11.8 Å². The first-order valence-electron chi connectivity index (χ1n) is 4.98. The average molecular weight is 213 g/mol. The fraction of sp³-hybridized carbons (Fsp3) is 0.500. The molecule has 0 aliphatic rings. The van der Waals surface area contributed by atoms with Gasteiger partial charge in [0.2, 0.25) is 0 Å². The molecule has 0 amide bonds. The van der Waals surface area contributed by atoms with Gasteiger partial charge in [0.05, 0.1) is 0 Å². The summed E-state index contributed by atoms with van der Waals surface area (Å²) >= 11 is 5.80. The van der Waals surface area contributed by atoms with Gasteiger partial charge < -0.3 is 5.11 Å². The number of hydrogen-bond donors (Lipinski definition) is 1. The van der Waals surface area contributed by atoms with Crippen LogP contribution in [-0.4, -0.2) is 11.7 Å². The maximum Gasteiger partial charge on any atom is 0.0464 e. The number of hydrogen-bond acceptors (Lipinski definition) is 1. The second-order valence-electron chi connectivity index (χ2n) is 4.02. The smallest absolute Gasteiger partial charge is 0.0464 e. The third-order valence-electron chi connectivity index (χ3n) is 2.59. The SMILES string of the molecule is CC(C)C(CO)Cc1ccc(Cl)cc1. The highest BCUT2D eigenvalue weighted by molar-refractivity contribution is 6.30. The van der Waals surface area contributed by atoms with Gasteiger partial charge in [-0.3, -0.25) is 0 Å². The monoisotopic (exact) mass is 212 g/mol. The van der Waals surface area contributed by atoms with Crippen LogP contribution in [0.1, 0.15) is 19.4 Å². The van der Waals surface area contributed by atoms with Crippen molar-refractivity contribution >= 4 is 11.6 Å². The van der Waals surface area contributed by atoms with Crippen LogP contribution in [0.3, 0.4) is 0 Å². The molecule has 0 aromatic heterocycles. The lowest BCUT2D eigenvalue weighted by molar-refractivity contribution is 0.189. The van der Waals surface area contributed by atoms with E-state index in [1.165, 1.54) is 5.56 Å². The zero-order valence-electron chi connectivity index (χ0n) is 8.70. The summed E-state index contributed by atoms with van der Waals surface area (Å²) in [5.74, 6) is 0.854. The van der Waals surface area contributed by atoms with Crippen LogP contribution in [-0.2, 0) is 6.42 Å². The maximum atomic E-state index is 9.19. The summed E-state index contributed by atoms with van der Waals surface area (Å²) in [6.45, 7) is 4.52. The lowest BCUT2D eigenvalue weighted by Crippen LogP contribution is -2.16. The third kappa shape index (κ3) is 3.32. The summed E-state index contributed by atoms with van der Waals surface area (Å²) in [6, 6.07) is 7.83. The second kappa shape index (κ2) is 5.38. The van der Waals surface area contributed by atoms with E-state index in [1.807, 2.05) is 24.3 Å². The van der Waals surface area contributed by atoms with Gasteiger partial charge in [-0.25, -0.2) is 0 Å². The first kappa shape index (κ1) is 11.5. The zero-order valence-corrected chi connectivity index (χ0v) is 9.46. The van der Waals surface area contributed by atoms with E-state index >= 15 is 0 Å². The molecule has 1 atom stereocenters. The van der Waals surface area contributed by atoms with Gasteiger partial charge in [0.1, 0.15) is 0 Å². The van der Waals surface area contributed by atoms with E-state index in [0.717, 1.165) is 11.4 Å². The Morgan fingerprint density at radius 3 is 2.21 bits per heavy atom. The first-order chi connectivity index (χ1) is 6.63. The van der Waals surface area contributed by atoms with Gasteiger partial charge >= 0.3 is 0 Å². The number of aliphatic hydroxyl groups excluding tert-OH is 1. The zero-order chi connectivity index (χ0) is 10.6. The summed E-state index contributed by atoms with van der Waals surface area (Å²) in [5.41, 5.74) is 1.24. The molecule has 0 radical (unpaired) electrons. The molecule has 0 saturated heterocycles. The van der Waals surface area contributed by atoms with Gasteiger partial charge in [0, 0.05) is 11.6 Å². The highest BCUT2D eigenvalue weighted by Gasteiger charge is 2.12. The number of aliphatic hydroxyl groups is 1. The normalized spacial score (nSPS) is 13.2. The predicted molar refractivity (Wildman–Crippen MR) is 60.6 cm³/mol. The highest BCUT2D eigenvalue weighted by atomic mass is 35.5. The molecule has 2 heteroatoms. The van der Waals surface area contributed by atoms with Crippen molar-refractivity contribution in [2.45, 2.75) is 20.3 Å². The molecule has 1 unspecified atom stereocenters. The Kier molecular flexibility index (Phi) is 4.43. The molecule has 1 N–H and O–H groups in total. The number of halogens is 1. The fourth-order valence-corrected chi connectivity index (χ4v) is 1.56. The molecule has 14 heavy (non-hydrogen) atoms. The standard InChI is InChI=1S/C12H17ClO/c1-9(2)11(8-14)7-10-3-5-12(13)6-4-10/h3-6,9,11,14H,7-8H2,1-2H3. The quantitative estimate of drug-likeness (QED) is 0.813. The molecule has 0 bridgehead atoms. The lowest BCUT2D eigenvalue weighted by atomic mass is 9.90. The Morgan fingerprint density at radius 1 is 1.21 bits per heavy atom. The van der Waals surface area contributed by atoms with Crippen LogP contribution >= 0.6 is 11.6 Å². The van der Waals surface area contributed by atoms with E-state index in [9.17, 15) is 5.11 Å². The molecule has 1 rings (SSSR count). The van der Waals surface area contributed by atoms with Gasteiger partial charge in [0.15, 0.2) is 0 Å². The Bertz CT molecular complexity index is 266. The Hall–Kier alpha value is -0.530. The fourth-order valence-electron chi connectivity index (χ4n) is 1.43. The number of rotatable bonds is 4. The predicted octanol–water partition coefficient (Wildman–Crippen LogP) is 3.15. The molecule has 0 spiro atoms. The summed E-state index contributed by atoms with van der Waals surface area (Å²) in [4.78, 5) is 0. The van der Waals surface area contributed by atoms with Gasteiger partial charge in [-0.1, -0.05) is 37.6 Å². The highest BCUT2D eigenvalue weighted by Crippen LogP contribution is 2.18. The number of benzene rings is 1. The molecule has 78 valence electrons. The van der Waals surface area contributed by atoms with Gasteiger partial charge in [-0.05, 0) is 36.0 Å².